The number of carbonyl (C=O) groups excluding carboxylic acids is 1. The van der Waals surface area contributed by atoms with Crippen LogP contribution < -0.4 is 4.74 Å². The van der Waals surface area contributed by atoms with Crippen molar-refractivity contribution in [2.45, 2.75) is 19.2 Å². The minimum Gasteiger partial charge on any atom is -0.481 e. The highest BCUT2D eigenvalue weighted by atomic mass is 19.4. The van der Waals surface area contributed by atoms with E-state index in [1.54, 1.807) is 0 Å². The zero-order valence-corrected chi connectivity index (χ0v) is 12.7. The fourth-order valence-corrected chi connectivity index (χ4v) is 2.19. The molecule has 1 heterocycles. The maximum absolute atomic E-state index is 12.2. The summed E-state index contributed by atoms with van der Waals surface area (Å²) in [6.45, 7) is 0.253. The average molecular weight is 344 g/mol. The molecule has 2 rings (SSSR count). The first-order chi connectivity index (χ1) is 11.2. The molecular weight excluding hydrogens is 329 g/mol. The lowest BCUT2D eigenvalue weighted by Gasteiger charge is -2.15. The fraction of sp³-hybridized carbons (Fsp3) is 0.333. The molecule has 2 aromatic rings. The number of H-pyrrole nitrogens is 1. The summed E-state index contributed by atoms with van der Waals surface area (Å²) in [5.41, 5.74) is 0.533. The van der Waals surface area contributed by atoms with Gasteiger partial charge in [0.25, 0.3) is 5.91 Å². The normalized spacial score (nSPS) is 11.5. The number of aromatic amines is 1. The number of alkyl halides is 3. The summed E-state index contributed by atoms with van der Waals surface area (Å²) in [4.78, 5) is 26.8. The van der Waals surface area contributed by atoms with Crippen molar-refractivity contribution in [1.29, 1.82) is 0 Å². The summed E-state index contributed by atoms with van der Waals surface area (Å²) in [6.07, 6.45) is -4.53. The van der Waals surface area contributed by atoms with E-state index in [9.17, 15) is 22.8 Å². The smallest absolute Gasteiger partial charge is 0.481 e. The van der Waals surface area contributed by atoms with Crippen LogP contribution in [0.3, 0.4) is 0 Å². The molecule has 0 saturated heterocycles. The van der Waals surface area contributed by atoms with Crippen LogP contribution in [0.4, 0.5) is 13.2 Å². The number of nitrogens with one attached hydrogen (secondary N) is 1. The van der Waals surface area contributed by atoms with Crippen LogP contribution in [0, 0.1) is 0 Å². The van der Waals surface area contributed by atoms with Crippen molar-refractivity contribution in [3.63, 3.8) is 0 Å². The van der Waals surface area contributed by atoms with Gasteiger partial charge in [0.1, 0.15) is 11.4 Å². The van der Waals surface area contributed by atoms with Gasteiger partial charge in [0, 0.05) is 37.0 Å². The molecule has 9 heteroatoms. The summed E-state index contributed by atoms with van der Waals surface area (Å²) in [5.74, 6) is -1.71. The lowest BCUT2D eigenvalue weighted by molar-refractivity contribution is -0.274. The second-order valence-corrected chi connectivity index (χ2v) is 5.20. The van der Waals surface area contributed by atoms with E-state index in [-0.39, 0.29) is 30.3 Å². The number of aliphatic carboxylic acids is 1. The Morgan fingerprint density at radius 1 is 1.29 bits per heavy atom. The summed E-state index contributed by atoms with van der Waals surface area (Å²) < 4.78 is 40.5. The molecule has 6 nitrogen and oxygen atoms in total. The van der Waals surface area contributed by atoms with E-state index >= 15 is 0 Å². The van der Waals surface area contributed by atoms with Crippen LogP contribution in [0.2, 0.25) is 0 Å². The van der Waals surface area contributed by atoms with Gasteiger partial charge < -0.3 is 19.7 Å². The van der Waals surface area contributed by atoms with Gasteiger partial charge >= 0.3 is 12.3 Å². The van der Waals surface area contributed by atoms with Crippen molar-refractivity contribution in [1.82, 2.24) is 9.88 Å². The number of halogens is 3. The third-order valence-electron chi connectivity index (χ3n) is 3.29. The van der Waals surface area contributed by atoms with Crippen molar-refractivity contribution in [2.24, 2.45) is 0 Å². The summed E-state index contributed by atoms with van der Waals surface area (Å²) in [6, 6.07) is 5.25. The predicted molar refractivity (Wildman–Crippen MR) is 78.8 cm³/mol. The van der Waals surface area contributed by atoms with Crippen molar-refractivity contribution in [3.8, 4) is 5.75 Å². The van der Waals surface area contributed by atoms with Crippen LogP contribution in [0.15, 0.2) is 24.3 Å². The molecule has 0 aliphatic heterocycles. The van der Waals surface area contributed by atoms with E-state index < -0.39 is 12.3 Å². The monoisotopic (exact) mass is 344 g/mol. The van der Waals surface area contributed by atoms with Gasteiger partial charge in [-0.1, -0.05) is 0 Å². The fourth-order valence-electron chi connectivity index (χ4n) is 2.19. The van der Waals surface area contributed by atoms with Crippen LogP contribution >= 0.6 is 0 Å². The molecule has 0 spiro atoms. The molecule has 0 aliphatic rings. The molecule has 130 valence electrons. The van der Waals surface area contributed by atoms with Gasteiger partial charge in [0.2, 0.25) is 0 Å². The molecular formula is C15H15F3N2O4. The number of benzene rings is 1. The molecule has 2 N–H and O–H groups in total. The Bertz CT molecular complexity index is 755. The number of carbonyl (C=O) groups is 2. The van der Waals surface area contributed by atoms with Crippen LogP contribution in [-0.2, 0) is 4.79 Å². The molecule has 0 bridgehead atoms. The third-order valence-corrected chi connectivity index (χ3v) is 3.29. The quantitative estimate of drug-likeness (QED) is 0.844. The lowest BCUT2D eigenvalue weighted by atomic mass is 10.2. The Hall–Kier alpha value is -2.71. The zero-order chi connectivity index (χ0) is 17.9. The van der Waals surface area contributed by atoms with Crippen LogP contribution in [-0.4, -0.2) is 46.8 Å². The predicted octanol–water partition coefficient (Wildman–Crippen LogP) is 3.00. The van der Waals surface area contributed by atoms with Crippen molar-refractivity contribution in [3.05, 3.63) is 30.0 Å². The van der Waals surface area contributed by atoms with Crippen LogP contribution in [0.25, 0.3) is 10.9 Å². The maximum Gasteiger partial charge on any atom is 0.573 e. The van der Waals surface area contributed by atoms with Crippen LogP contribution in [0.1, 0.15) is 23.3 Å². The van der Waals surface area contributed by atoms with Crippen molar-refractivity contribution in [2.75, 3.05) is 13.6 Å². The Morgan fingerprint density at radius 3 is 2.62 bits per heavy atom. The second kappa shape index (κ2) is 6.81. The highest BCUT2D eigenvalue weighted by Gasteiger charge is 2.31. The number of rotatable bonds is 6. The number of hydrogen-bond donors (Lipinski definition) is 2. The third kappa shape index (κ3) is 4.64. The minimum absolute atomic E-state index is 0.0531. The summed E-state index contributed by atoms with van der Waals surface area (Å²) in [5, 5.41) is 9.14. The average Bonchev–Trinajstić information content (AvgIpc) is 2.87. The number of aromatic nitrogens is 1. The second-order valence-electron chi connectivity index (χ2n) is 5.20. The topological polar surface area (TPSA) is 82.6 Å². The molecule has 0 aliphatic carbocycles. The number of amides is 1. The highest BCUT2D eigenvalue weighted by Crippen LogP contribution is 2.27. The standard InChI is InChI=1S/C15H15F3N2O4/c1-20(6-2-3-13(21)22)14(23)12-7-9-4-5-10(8-11(9)19-12)24-15(16,17)18/h4-5,7-8,19H,2-3,6H2,1H3,(H,21,22). The van der Waals surface area contributed by atoms with Crippen molar-refractivity contribution < 1.29 is 32.6 Å². The van der Waals surface area contributed by atoms with E-state index in [1.807, 2.05) is 0 Å². The Kier molecular flexibility index (Phi) is 5.01. The molecule has 0 fully saturated rings. The van der Waals surface area contributed by atoms with E-state index in [4.69, 9.17) is 5.11 Å². The molecule has 0 atom stereocenters. The van der Waals surface area contributed by atoms with Gasteiger partial charge in [-0.2, -0.15) is 0 Å². The zero-order valence-electron chi connectivity index (χ0n) is 12.7. The number of fused-ring (bicyclic) bond motifs is 1. The maximum atomic E-state index is 12.2. The van der Waals surface area contributed by atoms with Gasteiger partial charge in [-0.15, -0.1) is 13.2 Å². The molecule has 0 unspecified atom stereocenters. The summed E-state index contributed by atoms with van der Waals surface area (Å²) in [7, 11) is 1.52. The molecule has 1 amide bonds. The SMILES string of the molecule is CN(CCCC(=O)O)C(=O)c1cc2ccc(OC(F)(F)F)cc2[nH]1. The Balaban J connectivity index is 2.11. The van der Waals surface area contributed by atoms with E-state index in [0.717, 1.165) is 12.1 Å². The lowest BCUT2D eigenvalue weighted by Crippen LogP contribution is -2.28. The molecule has 24 heavy (non-hydrogen) atoms. The number of carboxylic acids is 1. The summed E-state index contributed by atoms with van der Waals surface area (Å²) >= 11 is 0. The Labute approximate surface area is 134 Å². The molecule has 1 aromatic heterocycles. The molecule has 1 aromatic carbocycles. The molecule has 0 radical (unpaired) electrons. The number of nitrogens with zero attached hydrogens (tertiary/aromatic N) is 1. The largest absolute Gasteiger partial charge is 0.573 e. The van der Waals surface area contributed by atoms with Gasteiger partial charge in [-0.25, -0.2) is 0 Å². The highest BCUT2D eigenvalue weighted by molar-refractivity contribution is 5.98. The van der Waals surface area contributed by atoms with E-state index in [1.165, 1.54) is 24.1 Å². The van der Waals surface area contributed by atoms with Crippen molar-refractivity contribution >= 4 is 22.8 Å². The Morgan fingerprint density at radius 2 is 2.00 bits per heavy atom. The first kappa shape index (κ1) is 17.6. The number of carboxylic acid groups (broad SMARTS) is 1. The van der Waals surface area contributed by atoms with Gasteiger partial charge in [-0.3, -0.25) is 9.59 Å². The first-order valence-electron chi connectivity index (χ1n) is 7.01. The number of ether oxygens (including phenoxy) is 1. The van der Waals surface area contributed by atoms with E-state index in [2.05, 4.69) is 9.72 Å². The molecule has 0 saturated carbocycles. The van der Waals surface area contributed by atoms with Crippen LogP contribution in [0.5, 0.6) is 5.75 Å². The number of hydrogen-bond acceptors (Lipinski definition) is 3. The van der Waals surface area contributed by atoms with Gasteiger partial charge in [-0.05, 0) is 24.6 Å². The van der Waals surface area contributed by atoms with E-state index in [0.29, 0.717) is 17.3 Å². The first-order valence-corrected chi connectivity index (χ1v) is 7.01. The minimum atomic E-state index is -4.79. The van der Waals surface area contributed by atoms with Gasteiger partial charge in [0.05, 0.1) is 0 Å². The van der Waals surface area contributed by atoms with Gasteiger partial charge in [0.15, 0.2) is 0 Å².